The molecule has 1 saturated heterocycles. The van der Waals surface area contributed by atoms with E-state index in [2.05, 4.69) is 15.9 Å². The molecule has 1 fully saturated rings. The topological polar surface area (TPSA) is 57.6 Å². The van der Waals surface area contributed by atoms with Gasteiger partial charge in [-0.2, -0.15) is 0 Å². The summed E-state index contributed by atoms with van der Waals surface area (Å²) < 4.78 is 0.957. The number of nitrogens with zero attached hydrogens (tertiary/aromatic N) is 1. The number of aliphatic carboxylic acids is 1. The summed E-state index contributed by atoms with van der Waals surface area (Å²) in [4.78, 5) is 24.2. The minimum atomic E-state index is -0.947. The number of carboxylic acid groups (broad SMARTS) is 1. The number of carboxylic acids is 1. The molecule has 4 nitrogen and oxygen atoms in total. The molecule has 96 valence electrons. The van der Waals surface area contributed by atoms with Crippen molar-refractivity contribution in [2.75, 3.05) is 5.75 Å². The van der Waals surface area contributed by atoms with Crippen LogP contribution >= 0.6 is 27.7 Å². The lowest BCUT2D eigenvalue weighted by atomic mass is 10.2. The van der Waals surface area contributed by atoms with Crippen LogP contribution in [-0.4, -0.2) is 33.7 Å². The van der Waals surface area contributed by atoms with E-state index in [0.717, 1.165) is 10.0 Å². The molecule has 1 aromatic rings. The molecule has 1 aromatic carbocycles. The Morgan fingerprint density at radius 1 is 1.39 bits per heavy atom. The quantitative estimate of drug-likeness (QED) is 0.905. The predicted molar refractivity (Wildman–Crippen MR) is 73.3 cm³/mol. The Morgan fingerprint density at radius 2 is 2.00 bits per heavy atom. The standard InChI is InChI=1S/C12H12BrNO3S/c1-7(15)14-10(12(16)17)6-18-11(14)8-2-4-9(13)5-3-8/h2-5,10-11H,6H2,1H3,(H,16,17)/t10-,11-/m0/s1. The second-order valence-electron chi connectivity index (χ2n) is 4.02. The highest BCUT2D eigenvalue weighted by molar-refractivity contribution is 9.10. The van der Waals surface area contributed by atoms with Gasteiger partial charge in [0.1, 0.15) is 11.4 Å². The molecule has 1 N–H and O–H groups in total. The molecular weight excluding hydrogens is 318 g/mol. The van der Waals surface area contributed by atoms with Crippen molar-refractivity contribution in [1.82, 2.24) is 4.90 Å². The predicted octanol–water partition coefficient (Wildman–Crippen LogP) is 2.50. The maximum absolute atomic E-state index is 11.7. The lowest BCUT2D eigenvalue weighted by molar-refractivity contribution is -0.148. The summed E-state index contributed by atoms with van der Waals surface area (Å²) in [7, 11) is 0. The van der Waals surface area contributed by atoms with Gasteiger partial charge in [0.05, 0.1) is 0 Å². The van der Waals surface area contributed by atoms with Gasteiger partial charge in [0.25, 0.3) is 0 Å². The van der Waals surface area contributed by atoms with Gasteiger partial charge in [0.15, 0.2) is 0 Å². The molecule has 2 rings (SSSR count). The zero-order chi connectivity index (χ0) is 13.3. The van der Waals surface area contributed by atoms with Gasteiger partial charge in [0, 0.05) is 17.1 Å². The zero-order valence-electron chi connectivity index (χ0n) is 9.67. The second kappa shape index (κ2) is 5.32. The van der Waals surface area contributed by atoms with E-state index in [4.69, 9.17) is 5.11 Å². The summed E-state index contributed by atoms with van der Waals surface area (Å²) in [6.07, 6.45) is 0. The van der Waals surface area contributed by atoms with Gasteiger partial charge in [-0.25, -0.2) is 4.79 Å². The summed E-state index contributed by atoms with van der Waals surface area (Å²) in [6, 6.07) is 6.86. The van der Waals surface area contributed by atoms with E-state index in [0.29, 0.717) is 5.75 Å². The van der Waals surface area contributed by atoms with Crippen molar-refractivity contribution in [3.63, 3.8) is 0 Å². The first-order valence-electron chi connectivity index (χ1n) is 5.39. The summed E-state index contributed by atoms with van der Waals surface area (Å²) in [5.41, 5.74) is 0.946. The van der Waals surface area contributed by atoms with E-state index in [-0.39, 0.29) is 11.3 Å². The number of thioether (sulfide) groups is 1. The number of hydrogen-bond donors (Lipinski definition) is 1. The SMILES string of the molecule is CC(=O)N1[C@H](C(=O)O)CS[C@H]1c1ccc(Br)cc1. The minimum Gasteiger partial charge on any atom is -0.480 e. The highest BCUT2D eigenvalue weighted by atomic mass is 79.9. The Morgan fingerprint density at radius 3 is 2.50 bits per heavy atom. The summed E-state index contributed by atoms with van der Waals surface area (Å²) in [5, 5.41) is 8.92. The third-order valence-corrected chi connectivity index (χ3v) is 4.66. The van der Waals surface area contributed by atoms with E-state index < -0.39 is 12.0 Å². The van der Waals surface area contributed by atoms with Gasteiger partial charge >= 0.3 is 5.97 Å². The number of hydrogen-bond acceptors (Lipinski definition) is 3. The molecule has 1 amide bonds. The Kier molecular flexibility index (Phi) is 3.97. The van der Waals surface area contributed by atoms with Crippen LogP contribution in [0.4, 0.5) is 0 Å². The molecule has 0 aliphatic carbocycles. The van der Waals surface area contributed by atoms with Crippen molar-refractivity contribution in [2.24, 2.45) is 0 Å². The molecule has 1 heterocycles. The lowest BCUT2D eigenvalue weighted by Gasteiger charge is -2.26. The van der Waals surface area contributed by atoms with Crippen molar-refractivity contribution < 1.29 is 14.7 Å². The first-order valence-corrected chi connectivity index (χ1v) is 7.23. The Balaban J connectivity index is 2.30. The molecule has 0 radical (unpaired) electrons. The largest absolute Gasteiger partial charge is 0.480 e. The number of halogens is 1. The van der Waals surface area contributed by atoms with Crippen LogP contribution < -0.4 is 0 Å². The minimum absolute atomic E-state index is 0.208. The molecule has 6 heteroatoms. The third-order valence-electron chi connectivity index (χ3n) is 2.80. The highest BCUT2D eigenvalue weighted by Crippen LogP contribution is 2.41. The molecule has 0 unspecified atom stereocenters. The van der Waals surface area contributed by atoms with E-state index in [9.17, 15) is 9.59 Å². The molecule has 1 aliphatic rings. The molecule has 18 heavy (non-hydrogen) atoms. The van der Waals surface area contributed by atoms with Gasteiger partial charge in [0.2, 0.25) is 5.91 Å². The van der Waals surface area contributed by atoms with Crippen LogP contribution in [-0.2, 0) is 9.59 Å². The van der Waals surface area contributed by atoms with E-state index in [1.165, 1.54) is 23.6 Å². The zero-order valence-corrected chi connectivity index (χ0v) is 12.1. The lowest BCUT2D eigenvalue weighted by Crippen LogP contribution is -2.41. The van der Waals surface area contributed by atoms with Crippen LogP contribution in [0, 0.1) is 0 Å². The average molecular weight is 330 g/mol. The van der Waals surface area contributed by atoms with Crippen LogP contribution in [0.15, 0.2) is 28.7 Å². The average Bonchev–Trinajstić information content (AvgIpc) is 2.74. The van der Waals surface area contributed by atoms with Gasteiger partial charge in [-0.3, -0.25) is 4.79 Å². The van der Waals surface area contributed by atoms with Crippen LogP contribution in [0.1, 0.15) is 17.9 Å². The second-order valence-corrected chi connectivity index (χ2v) is 6.05. The van der Waals surface area contributed by atoms with E-state index in [1.807, 2.05) is 24.3 Å². The van der Waals surface area contributed by atoms with Crippen molar-refractivity contribution in [3.8, 4) is 0 Å². The fraction of sp³-hybridized carbons (Fsp3) is 0.333. The van der Waals surface area contributed by atoms with Crippen LogP contribution in [0.3, 0.4) is 0 Å². The molecule has 0 spiro atoms. The molecule has 0 saturated carbocycles. The van der Waals surface area contributed by atoms with Crippen molar-refractivity contribution in [1.29, 1.82) is 0 Å². The molecule has 2 atom stereocenters. The van der Waals surface area contributed by atoms with Crippen LogP contribution in [0.2, 0.25) is 0 Å². The van der Waals surface area contributed by atoms with Gasteiger partial charge in [-0.05, 0) is 17.7 Å². The first-order chi connectivity index (χ1) is 8.50. The monoisotopic (exact) mass is 329 g/mol. The number of carbonyl (C=O) groups excluding carboxylic acids is 1. The van der Waals surface area contributed by atoms with Crippen molar-refractivity contribution in [2.45, 2.75) is 18.3 Å². The first kappa shape index (κ1) is 13.4. The summed E-state index contributed by atoms with van der Waals surface area (Å²) >= 11 is 4.83. The maximum Gasteiger partial charge on any atom is 0.327 e. The Labute approximate surface area is 117 Å². The normalized spacial score (nSPS) is 23.1. The molecular formula is C12H12BrNO3S. The number of amides is 1. The van der Waals surface area contributed by atoms with Gasteiger partial charge in [-0.1, -0.05) is 28.1 Å². The van der Waals surface area contributed by atoms with Gasteiger partial charge in [-0.15, -0.1) is 11.8 Å². The number of carbonyl (C=O) groups is 2. The fourth-order valence-corrected chi connectivity index (χ4v) is 3.70. The van der Waals surface area contributed by atoms with Crippen molar-refractivity contribution in [3.05, 3.63) is 34.3 Å². The summed E-state index contributed by atoms with van der Waals surface area (Å²) in [5.74, 6) is -0.729. The van der Waals surface area contributed by atoms with Crippen LogP contribution in [0.25, 0.3) is 0 Å². The highest BCUT2D eigenvalue weighted by Gasteiger charge is 2.40. The molecule has 0 bridgehead atoms. The number of rotatable bonds is 2. The number of benzene rings is 1. The molecule has 1 aliphatic heterocycles. The fourth-order valence-electron chi connectivity index (χ4n) is 1.97. The van der Waals surface area contributed by atoms with Crippen molar-refractivity contribution >= 4 is 39.6 Å². The Bertz CT molecular complexity index is 477. The maximum atomic E-state index is 11.7. The Hall–Kier alpha value is -1.01. The van der Waals surface area contributed by atoms with E-state index >= 15 is 0 Å². The van der Waals surface area contributed by atoms with Gasteiger partial charge < -0.3 is 10.0 Å². The third kappa shape index (κ3) is 2.54. The summed E-state index contributed by atoms with van der Waals surface area (Å²) in [6.45, 7) is 1.41. The van der Waals surface area contributed by atoms with Crippen LogP contribution in [0.5, 0.6) is 0 Å². The molecule has 0 aromatic heterocycles. The smallest absolute Gasteiger partial charge is 0.327 e. The van der Waals surface area contributed by atoms with E-state index in [1.54, 1.807) is 0 Å².